The SMILES string of the molecule is O=S(=O)(c1ccc(N2CCNC(F)C2)nc1)N1CCC(Nc2ncc(C(F)(F)F)c(O[C@H]3CCOC3)n2)CC1. The molecule has 3 saturated heterocycles. The van der Waals surface area contributed by atoms with Crippen LogP contribution in [0, 0.1) is 0 Å². The summed E-state index contributed by atoms with van der Waals surface area (Å²) < 4.78 is 92.2. The molecule has 0 radical (unpaired) electrons. The average Bonchev–Trinajstić information content (AvgIpc) is 3.42. The fourth-order valence-electron chi connectivity index (χ4n) is 4.68. The second-order valence-corrected chi connectivity index (χ2v) is 11.5. The van der Waals surface area contributed by atoms with Crippen LogP contribution >= 0.6 is 0 Å². The van der Waals surface area contributed by atoms with E-state index in [2.05, 4.69) is 25.6 Å². The molecule has 5 heterocycles. The number of pyridine rings is 1. The maximum Gasteiger partial charge on any atom is 0.423 e. The highest BCUT2D eigenvalue weighted by Crippen LogP contribution is 2.36. The summed E-state index contributed by atoms with van der Waals surface area (Å²) in [5.41, 5.74) is -1.07. The lowest BCUT2D eigenvalue weighted by molar-refractivity contribution is -0.139. The number of sulfonamides is 1. The molecule has 2 aromatic rings. The number of hydrogen-bond donors (Lipinski definition) is 2. The van der Waals surface area contributed by atoms with E-state index in [0.717, 1.165) is 0 Å². The van der Waals surface area contributed by atoms with E-state index in [9.17, 15) is 26.0 Å². The third kappa shape index (κ3) is 6.50. The van der Waals surface area contributed by atoms with E-state index in [-0.39, 0.29) is 43.1 Å². The molecule has 0 bridgehead atoms. The quantitative estimate of drug-likeness (QED) is 0.375. The lowest BCUT2D eigenvalue weighted by atomic mass is 10.1. The number of aromatic nitrogens is 3. The molecular weight excluding hydrogens is 546 g/mol. The normalized spacial score (nSPS) is 23.6. The van der Waals surface area contributed by atoms with Gasteiger partial charge in [0.15, 0.2) is 6.30 Å². The third-order valence-corrected chi connectivity index (χ3v) is 8.71. The molecule has 0 amide bonds. The second kappa shape index (κ2) is 11.3. The topological polar surface area (TPSA) is 122 Å². The molecule has 214 valence electrons. The summed E-state index contributed by atoms with van der Waals surface area (Å²) in [7, 11) is -3.81. The maximum atomic E-state index is 13.6. The van der Waals surface area contributed by atoms with Crippen molar-refractivity contribution < 1.29 is 35.5 Å². The van der Waals surface area contributed by atoms with Crippen LogP contribution in [0.3, 0.4) is 0 Å². The standard InChI is InChI=1S/C23H29F4N7O4S/c24-19-13-33(9-6-28-19)20-2-1-17(11-29-20)39(35,36)34-7-3-15(4-8-34)31-22-30-12-18(23(25,26)27)21(32-22)38-16-5-10-37-14-16/h1-2,11-12,15-16,19,28H,3-10,13-14H2,(H,30,31,32)/t16-,19?/m0/s1. The molecule has 0 spiro atoms. The van der Waals surface area contributed by atoms with Crippen molar-refractivity contribution in [2.45, 2.75) is 48.8 Å². The van der Waals surface area contributed by atoms with Crippen LogP contribution in [0.4, 0.5) is 29.3 Å². The second-order valence-electron chi connectivity index (χ2n) is 9.56. The first-order chi connectivity index (χ1) is 18.6. The minimum Gasteiger partial charge on any atom is -0.471 e. The molecule has 39 heavy (non-hydrogen) atoms. The maximum absolute atomic E-state index is 13.6. The third-order valence-electron chi connectivity index (χ3n) is 6.82. The van der Waals surface area contributed by atoms with Crippen molar-refractivity contribution in [3.8, 4) is 5.88 Å². The molecule has 1 unspecified atom stereocenters. The van der Waals surface area contributed by atoms with E-state index in [0.29, 0.717) is 51.0 Å². The molecular formula is C23H29F4N7O4S. The van der Waals surface area contributed by atoms with E-state index in [4.69, 9.17) is 9.47 Å². The van der Waals surface area contributed by atoms with E-state index in [1.54, 1.807) is 11.0 Å². The lowest BCUT2D eigenvalue weighted by Crippen LogP contribution is -2.49. The number of anilines is 2. The Hall–Kier alpha value is -2.82. The zero-order valence-corrected chi connectivity index (χ0v) is 21.7. The van der Waals surface area contributed by atoms with Crippen LogP contribution < -0.4 is 20.3 Å². The molecule has 0 saturated carbocycles. The van der Waals surface area contributed by atoms with E-state index in [1.807, 2.05) is 0 Å². The highest BCUT2D eigenvalue weighted by molar-refractivity contribution is 7.89. The lowest BCUT2D eigenvalue weighted by Gasteiger charge is -2.32. The number of piperidine rings is 1. The van der Waals surface area contributed by atoms with Crippen LogP contribution in [0.25, 0.3) is 0 Å². The smallest absolute Gasteiger partial charge is 0.423 e. The van der Waals surface area contributed by atoms with Crippen molar-refractivity contribution >= 4 is 21.8 Å². The molecule has 5 rings (SSSR count). The van der Waals surface area contributed by atoms with Crippen LogP contribution in [0.1, 0.15) is 24.8 Å². The molecule has 3 aliphatic heterocycles. The van der Waals surface area contributed by atoms with Gasteiger partial charge in [-0.1, -0.05) is 0 Å². The van der Waals surface area contributed by atoms with Gasteiger partial charge in [-0.25, -0.2) is 22.8 Å². The summed E-state index contributed by atoms with van der Waals surface area (Å²) in [6.07, 6.45) is -3.18. The van der Waals surface area contributed by atoms with Crippen LogP contribution in [0.5, 0.6) is 5.88 Å². The summed E-state index contributed by atoms with van der Waals surface area (Å²) in [5, 5.41) is 5.71. The Bertz CT molecular complexity index is 1240. The van der Waals surface area contributed by atoms with Gasteiger partial charge in [0.1, 0.15) is 22.4 Å². The van der Waals surface area contributed by atoms with Crippen LogP contribution in [0.15, 0.2) is 29.4 Å². The Morgan fingerprint density at radius 3 is 2.54 bits per heavy atom. The number of rotatable bonds is 7. The molecule has 11 nitrogen and oxygen atoms in total. The van der Waals surface area contributed by atoms with Crippen LogP contribution in [-0.4, -0.2) is 92.1 Å². The van der Waals surface area contributed by atoms with Gasteiger partial charge in [0.2, 0.25) is 21.9 Å². The minimum absolute atomic E-state index is 0.0264. The first kappa shape index (κ1) is 27.7. The number of piperazine rings is 1. The summed E-state index contributed by atoms with van der Waals surface area (Å²) in [4.78, 5) is 13.8. The van der Waals surface area contributed by atoms with Gasteiger partial charge in [-0.2, -0.15) is 22.5 Å². The minimum atomic E-state index is -4.68. The number of nitrogens with zero attached hydrogens (tertiary/aromatic N) is 5. The van der Waals surface area contributed by atoms with Crippen molar-refractivity contribution in [1.82, 2.24) is 24.6 Å². The largest absolute Gasteiger partial charge is 0.471 e. The Kier molecular flexibility index (Phi) is 8.07. The van der Waals surface area contributed by atoms with Gasteiger partial charge >= 0.3 is 6.18 Å². The highest BCUT2D eigenvalue weighted by Gasteiger charge is 2.38. The number of hydrogen-bond acceptors (Lipinski definition) is 10. The fourth-order valence-corrected chi connectivity index (χ4v) is 6.10. The molecule has 0 aromatic carbocycles. The Morgan fingerprint density at radius 2 is 1.90 bits per heavy atom. The molecule has 2 N–H and O–H groups in total. The first-order valence-electron chi connectivity index (χ1n) is 12.6. The van der Waals surface area contributed by atoms with Gasteiger partial charge in [-0.05, 0) is 25.0 Å². The molecule has 3 fully saturated rings. The summed E-state index contributed by atoms with van der Waals surface area (Å²) in [5.74, 6) is -0.0860. The highest BCUT2D eigenvalue weighted by atomic mass is 32.2. The van der Waals surface area contributed by atoms with Gasteiger partial charge in [-0.15, -0.1) is 0 Å². The van der Waals surface area contributed by atoms with E-state index < -0.39 is 40.0 Å². The van der Waals surface area contributed by atoms with Gasteiger partial charge < -0.3 is 19.7 Å². The molecule has 0 aliphatic carbocycles. The van der Waals surface area contributed by atoms with Crippen molar-refractivity contribution in [3.05, 3.63) is 30.1 Å². The number of ether oxygens (including phenoxy) is 2. The fraction of sp³-hybridized carbons (Fsp3) is 0.609. The Balaban J connectivity index is 1.20. The first-order valence-corrected chi connectivity index (χ1v) is 14.1. The monoisotopic (exact) mass is 575 g/mol. The number of alkyl halides is 4. The van der Waals surface area contributed by atoms with Crippen molar-refractivity contribution in [2.75, 3.05) is 56.2 Å². The van der Waals surface area contributed by atoms with Gasteiger partial charge in [0.25, 0.3) is 0 Å². The number of nitrogens with one attached hydrogen (secondary N) is 2. The van der Waals surface area contributed by atoms with Crippen molar-refractivity contribution in [2.24, 2.45) is 0 Å². The summed E-state index contributed by atoms with van der Waals surface area (Å²) in [6.45, 7) is 2.12. The van der Waals surface area contributed by atoms with E-state index in [1.165, 1.54) is 16.6 Å². The van der Waals surface area contributed by atoms with Crippen molar-refractivity contribution in [1.29, 1.82) is 0 Å². The van der Waals surface area contributed by atoms with Gasteiger partial charge in [0, 0.05) is 51.0 Å². The molecule has 16 heteroatoms. The summed E-state index contributed by atoms with van der Waals surface area (Å²) in [6, 6.07) is 2.78. The van der Waals surface area contributed by atoms with Gasteiger partial charge in [-0.3, -0.25) is 5.32 Å². The predicted octanol–water partition coefficient (Wildman–Crippen LogP) is 2.03. The predicted molar refractivity (Wildman–Crippen MR) is 132 cm³/mol. The zero-order chi connectivity index (χ0) is 27.6. The van der Waals surface area contributed by atoms with Crippen molar-refractivity contribution in [3.63, 3.8) is 0 Å². The molecule has 2 aromatic heterocycles. The Morgan fingerprint density at radius 1 is 1.10 bits per heavy atom. The van der Waals surface area contributed by atoms with Crippen LogP contribution in [-0.2, 0) is 20.9 Å². The average molecular weight is 576 g/mol. The van der Waals surface area contributed by atoms with Crippen LogP contribution in [0.2, 0.25) is 0 Å². The van der Waals surface area contributed by atoms with Gasteiger partial charge in [0.05, 0.1) is 19.8 Å². The van der Waals surface area contributed by atoms with E-state index >= 15 is 0 Å². The molecule has 2 atom stereocenters. The Labute approximate surface area is 223 Å². The number of halogens is 4. The summed E-state index contributed by atoms with van der Waals surface area (Å²) >= 11 is 0. The zero-order valence-electron chi connectivity index (χ0n) is 20.9. The molecule has 3 aliphatic rings.